The minimum atomic E-state index is -5.01. The molecule has 0 aromatic heterocycles. The van der Waals surface area contributed by atoms with Crippen LogP contribution in [0.25, 0.3) is 0 Å². The van der Waals surface area contributed by atoms with Crippen LogP contribution in [0.3, 0.4) is 0 Å². The van der Waals surface area contributed by atoms with Gasteiger partial charge in [-0.15, -0.1) is 0 Å². The molecule has 248 valence electrons. The summed E-state index contributed by atoms with van der Waals surface area (Å²) in [5, 5.41) is 13.6. The molecule has 0 radical (unpaired) electrons. The van der Waals surface area contributed by atoms with Gasteiger partial charge in [0.2, 0.25) is 5.91 Å². The number of amides is 1. The fourth-order valence-electron chi connectivity index (χ4n) is 3.12. The molecule has 17 heteroatoms. The van der Waals surface area contributed by atoms with Crippen LogP contribution < -0.4 is 46.8 Å². The standard InChI is InChI=1S/C20H38O7S.C4H8N2O3.C2H5NO2.Na/c1-5-9-11-16(7-3)14-26-19(21)13-18(28(23,24)25)20(22)27-15-17(8-4)12-10-6-2;5-2(4(8)9)1-3(6)7;3-1-2(4)5;/h16-18H,5-15H2,1-4H3,(H,23,24,25);2H,1,5H2,(H2,6,7)(H,8,9);1,3H2,(H,4,5);/q;;;+1/p-1. The molecule has 0 rings (SSSR count). The van der Waals surface area contributed by atoms with Crippen molar-refractivity contribution < 1.29 is 86.2 Å². The Morgan fingerprint density at radius 1 is 0.837 bits per heavy atom. The maximum absolute atomic E-state index is 12.1. The van der Waals surface area contributed by atoms with Gasteiger partial charge in [-0.25, -0.2) is 8.42 Å². The van der Waals surface area contributed by atoms with E-state index in [1.807, 2.05) is 13.8 Å². The predicted octanol–water partition coefficient (Wildman–Crippen LogP) is -1.88. The maximum Gasteiger partial charge on any atom is 1.00 e. The molecule has 0 aliphatic heterocycles. The van der Waals surface area contributed by atoms with Gasteiger partial charge in [-0.05, 0) is 24.7 Å². The Morgan fingerprint density at radius 3 is 1.53 bits per heavy atom. The number of carbonyl (C=O) groups excluding carboxylic acids is 3. The van der Waals surface area contributed by atoms with Gasteiger partial charge in [-0.2, -0.15) is 0 Å². The molecular weight excluding hydrogens is 601 g/mol. The first-order chi connectivity index (χ1) is 19.5. The van der Waals surface area contributed by atoms with Crippen molar-refractivity contribution in [3.63, 3.8) is 0 Å². The number of ether oxygens (including phenoxy) is 2. The minimum absolute atomic E-state index is 0. The Hall–Kier alpha value is -1.82. The Bertz CT molecular complexity index is 906. The van der Waals surface area contributed by atoms with Crippen molar-refractivity contribution in [1.29, 1.82) is 0 Å². The second-order valence-corrected chi connectivity index (χ2v) is 11.1. The van der Waals surface area contributed by atoms with E-state index in [4.69, 9.17) is 25.4 Å². The van der Waals surface area contributed by atoms with Gasteiger partial charge in [-0.3, -0.25) is 24.0 Å². The SMILES string of the molecule is CCCCC(CC)COC(=O)CC(C(=O)OCC(CC)CCCC)S(=O)(=O)[O-].NC(=O)CC(N)C(=O)O.NCC(=O)O.[Na+]. The van der Waals surface area contributed by atoms with Crippen LogP contribution in [-0.4, -0.2) is 84.0 Å². The first-order valence-electron chi connectivity index (χ1n) is 14.0. The molecule has 0 fully saturated rings. The summed E-state index contributed by atoms with van der Waals surface area (Å²) in [6.07, 6.45) is 6.27. The molecule has 0 aliphatic rings. The number of rotatable bonds is 20. The summed E-state index contributed by atoms with van der Waals surface area (Å²) >= 11 is 0. The quantitative estimate of drug-likeness (QED) is 0.0547. The normalized spacial score (nSPS) is 13.2. The predicted molar refractivity (Wildman–Crippen MR) is 153 cm³/mol. The third kappa shape index (κ3) is 30.0. The number of primary amides is 1. The number of unbranched alkanes of at least 4 members (excludes halogenated alkanes) is 2. The molecule has 4 unspecified atom stereocenters. The van der Waals surface area contributed by atoms with E-state index >= 15 is 0 Å². The second-order valence-electron chi connectivity index (χ2n) is 9.54. The molecule has 0 aliphatic carbocycles. The van der Waals surface area contributed by atoms with Gasteiger partial charge < -0.3 is 41.4 Å². The van der Waals surface area contributed by atoms with E-state index in [9.17, 15) is 36.9 Å². The van der Waals surface area contributed by atoms with Crippen LogP contribution in [0, 0.1) is 11.8 Å². The Kier molecular flexibility index (Phi) is 32.3. The van der Waals surface area contributed by atoms with Crippen molar-refractivity contribution in [1.82, 2.24) is 0 Å². The number of hydrogen-bond acceptors (Lipinski definition) is 12. The number of hydrogen-bond donors (Lipinski definition) is 5. The van der Waals surface area contributed by atoms with Gasteiger partial charge in [0.1, 0.15) is 16.2 Å². The number of carboxylic acids is 2. The molecule has 0 heterocycles. The van der Waals surface area contributed by atoms with E-state index in [1.165, 1.54) is 0 Å². The van der Waals surface area contributed by atoms with Gasteiger partial charge in [0.15, 0.2) is 5.25 Å². The first kappa shape index (κ1) is 48.1. The van der Waals surface area contributed by atoms with E-state index in [0.717, 1.165) is 51.4 Å². The van der Waals surface area contributed by atoms with Crippen LogP contribution in [0.1, 0.15) is 91.9 Å². The van der Waals surface area contributed by atoms with Gasteiger partial charge in [0, 0.05) is 0 Å². The molecule has 0 saturated carbocycles. The molecular formula is C26H50N3NaO12S. The number of nitrogens with two attached hydrogens (primary N) is 3. The third-order valence-electron chi connectivity index (χ3n) is 5.90. The zero-order valence-corrected chi connectivity index (χ0v) is 28.9. The number of carbonyl (C=O) groups is 5. The number of esters is 2. The van der Waals surface area contributed by atoms with Crippen LogP contribution in [0.15, 0.2) is 0 Å². The smallest absolute Gasteiger partial charge is 0.747 e. The third-order valence-corrected chi connectivity index (χ3v) is 6.96. The monoisotopic (exact) mass is 651 g/mol. The molecule has 0 aromatic carbocycles. The Balaban J connectivity index is -0.000000417. The number of carboxylic acid groups (broad SMARTS) is 2. The summed E-state index contributed by atoms with van der Waals surface area (Å²) in [4.78, 5) is 53.3. The maximum atomic E-state index is 12.1. The van der Waals surface area contributed by atoms with Crippen molar-refractivity contribution in [2.24, 2.45) is 29.0 Å². The molecule has 4 atom stereocenters. The number of aliphatic carboxylic acids is 2. The molecule has 0 saturated heterocycles. The van der Waals surface area contributed by atoms with E-state index in [2.05, 4.69) is 25.3 Å². The molecule has 8 N–H and O–H groups in total. The van der Waals surface area contributed by atoms with E-state index in [1.54, 1.807) is 0 Å². The van der Waals surface area contributed by atoms with Gasteiger partial charge in [0.25, 0.3) is 0 Å². The topological polar surface area (TPSA) is 280 Å². The molecule has 1 amide bonds. The van der Waals surface area contributed by atoms with Crippen LogP contribution in [0.2, 0.25) is 0 Å². The van der Waals surface area contributed by atoms with Crippen LogP contribution in [0.5, 0.6) is 0 Å². The van der Waals surface area contributed by atoms with Gasteiger partial charge in [0.05, 0.1) is 32.6 Å². The summed E-state index contributed by atoms with van der Waals surface area (Å²) < 4.78 is 44.6. The summed E-state index contributed by atoms with van der Waals surface area (Å²) in [7, 11) is -5.01. The van der Waals surface area contributed by atoms with E-state index in [0.29, 0.717) is 0 Å². The fraction of sp³-hybridized carbons (Fsp3) is 0.808. The summed E-state index contributed by atoms with van der Waals surface area (Å²) in [6.45, 7) is 7.99. The average Bonchev–Trinajstić information content (AvgIpc) is 2.91. The largest absolute Gasteiger partial charge is 1.00 e. The van der Waals surface area contributed by atoms with Crippen molar-refractivity contribution in [2.45, 2.75) is 103 Å². The zero-order valence-electron chi connectivity index (χ0n) is 26.1. The van der Waals surface area contributed by atoms with E-state index in [-0.39, 0.29) is 67.6 Å². The van der Waals surface area contributed by atoms with Crippen LogP contribution in [0.4, 0.5) is 0 Å². The van der Waals surface area contributed by atoms with Crippen molar-refractivity contribution in [2.75, 3.05) is 19.8 Å². The zero-order chi connectivity index (χ0) is 33.3. The van der Waals surface area contributed by atoms with Crippen LogP contribution >= 0.6 is 0 Å². The average molecular weight is 652 g/mol. The van der Waals surface area contributed by atoms with Crippen molar-refractivity contribution in [3.05, 3.63) is 0 Å². The molecule has 15 nitrogen and oxygen atoms in total. The minimum Gasteiger partial charge on any atom is -0.747 e. The summed E-state index contributed by atoms with van der Waals surface area (Å²) in [5.41, 5.74) is 14.1. The summed E-state index contributed by atoms with van der Waals surface area (Å²) in [5.74, 6) is -4.63. The Labute approximate surface area is 277 Å². The Morgan fingerprint density at radius 2 is 1.26 bits per heavy atom. The second kappa shape index (κ2) is 28.9. The van der Waals surface area contributed by atoms with Crippen molar-refractivity contribution >= 4 is 39.9 Å². The van der Waals surface area contributed by atoms with Crippen molar-refractivity contribution in [3.8, 4) is 0 Å². The van der Waals surface area contributed by atoms with Crippen LogP contribution in [-0.2, 0) is 43.6 Å². The molecule has 43 heavy (non-hydrogen) atoms. The molecule has 0 spiro atoms. The van der Waals surface area contributed by atoms with Gasteiger partial charge in [-0.1, -0.05) is 66.2 Å². The molecule has 0 aromatic rings. The summed E-state index contributed by atoms with van der Waals surface area (Å²) in [6, 6.07) is -1.16. The van der Waals surface area contributed by atoms with E-state index < -0.39 is 57.6 Å². The van der Waals surface area contributed by atoms with Gasteiger partial charge >= 0.3 is 53.4 Å². The fourth-order valence-corrected chi connectivity index (χ4v) is 3.76. The first-order valence-corrected chi connectivity index (χ1v) is 15.4. The molecule has 0 bridgehead atoms.